The van der Waals surface area contributed by atoms with Crippen molar-refractivity contribution in [2.75, 3.05) is 13.1 Å². The molecular formula is C17H25N3O6S. The molecule has 1 aromatic rings. The maximum atomic E-state index is 12.8. The number of carboxylic acid groups (broad SMARTS) is 1. The summed E-state index contributed by atoms with van der Waals surface area (Å²) in [5.74, 6) is -1.31. The van der Waals surface area contributed by atoms with Crippen LogP contribution in [0.15, 0.2) is 9.42 Å². The summed E-state index contributed by atoms with van der Waals surface area (Å²) in [4.78, 5) is 23.6. The molecule has 150 valence electrons. The summed E-state index contributed by atoms with van der Waals surface area (Å²) in [7, 11) is -3.69. The first-order valence-electron chi connectivity index (χ1n) is 9.16. The Bertz CT molecular complexity index is 806. The molecule has 1 aromatic heterocycles. The molecule has 1 saturated carbocycles. The van der Waals surface area contributed by atoms with E-state index in [4.69, 9.17) is 9.63 Å². The van der Waals surface area contributed by atoms with Crippen molar-refractivity contribution < 1.29 is 27.6 Å². The molecule has 9 nitrogen and oxygen atoms in total. The van der Waals surface area contributed by atoms with Crippen LogP contribution in [0, 0.1) is 25.7 Å². The Morgan fingerprint density at radius 2 is 1.81 bits per heavy atom. The summed E-state index contributed by atoms with van der Waals surface area (Å²) >= 11 is 0. The number of aryl methyl sites for hydroxylation is 2. The molecule has 0 bridgehead atoms. The predicted octanol–water partition coefficient (Wildman–Crippen LogP) is 1.06. The highest BCUT2D eigenvalue weighted by Crippen LogP contribution is 2.29. The molecule has 2 aliphatic rings. The van der Waals surface area contributed by atoms with Gasteiger partial charge in [-0.15, -0.1) is 0 Å². The van der Waals surface area contributed by atoms with Crippen LogP contribution in [0.25, 0.3) is 0 Å². The standard InChI is InChI=1S/C17H25N3O6S/c1-10-15(11(2)26-19-10)27(24,25)20-7-5-12(6-8-20)16(21)18-14-4-3-13(9-14)17(22)23/h12-14H,3-9H2,1-2H3,(H,18,21)(H,22,23)/t13-,14+/m0/s1. The number of hydrogen-bond donors (Lipinski definition) is 2. The fraction of sp³-hybridized carbons (Fsp3) is 0.706. The molecule has 2 N–H and O–H groups in total. The fourth-order valence-corrected chi connectivity index (χ4v) is 5.75. The highest BCUT2D eigenvalue weighted by atomic mass is 32.2. The topological polar surface area (TPSA) is 130 Å². The van der Waals surface area contributed by atoms with E-state index >= 15 is 0 Å². The Morgan fingerprint density at radius 3 is 2.33 bits per heavy atom. The van der Waals surface area contributed by atoms with Gasteiger partial charge in [-0.25, -0.2) is 8.42 Å². The Kier molecular flexibility index (Phi) is 5.57. The summed E-state index contributed by atoms with van der Waals surface area (Å²) in [6, 6.07) is -0.109. The molecule has 0 unspecified atom stereocenters. The number of aliphatic carboxylic acids is 1. The molecular weight excluding hydrogens is 374 g/mol. The number of sulfonamides is 1. The molecule has 1 aliphatic heterocycles. The number of carbonyl (C=O) groups is 2. The molecule has 2 atom stereocenters. The van der Waals surface area contributed by atoms with Crippen molar-refractivity contribution in [3.63, 3.8) is 0 Å². The number of aromatic nitrogens is 1. The van der Waals surface area contributed by atoms with E-state index in [0.717, 1.165) is 0 Å². The summed E-state index contributed by atoms with van der Waals surface area (Å²) in [5, 5.41) is 15.7. The van der Waals surface area contributed by atoms with Crippen molar-refractivity contribution in [2.24, 2.45) is 11.8 Å². The summed E-state index contributed by atoms with van der Waals surface area (Å²) in [5.41, 5.74) is 0.335. The lowest BCUT2D eigenvalue weighted by Crippen LogP contribution is -2.45. The van der Waals surface area contributed by atoms with Crippen molar-refractivity contribution >= 4 is 21.9 Å². The maximum Gasteiger partial charge on any atom is 0.306 e. The molecule has 0 radical (unpaired) electrons. The average molecular weight is 399 g/mol. The minimum atomic E-state index is -3.69. The van der Waals surface area contributed by atoms with Crippen LogP contribution < -0.4 is 5.32 Å². The highest BCUT2D eigenvalue weighted by molar-refractivity contribution is 7.89. The van der Waals surface area contributed by atoms with Gasteiger partial charge in [-0.2, -0.15) is 4.31 Å². The Hall–Kier alpha value is -1.94. The lowest BCUT2D eigenvalue weighted by molar-refractivity contribution is -0.141. The lowest BCUT2D eigenvalue weighted by atomic mass is 9.96. The number of rotatable bonds is 5. The van der Waals surface area contributed by atoms with Gasteiger partial charge in [0.05, 0.1) is 5.92 Å². The minimum Gasteiger partial charge on any atom is -0.481 e. The van der Waals surface area contributed by atoms with Crippen molar-refractivity contribution in [1.29, 1.82) is 0 Å². The van der Waals surface area contributed by atoms with Gasteiger partial charge in [-0.3, -0.25) is 9.59 Å². The van der Waals surface area contributed by atoms with Crippen LogP contribution in [-0.2, 0) is 19.6 Å². The van der Waals surface area contributed by atoms with E-state index in [0.29, 0.717) is 37.8 Å². The molecule has 27 heavy (non-hydrogen) atoms. The van der Waals surface area contributed by atoms with Crippen molar-refractivity contribution in [2.45, 2.75) is 56.9 Å². The van der Waals surface area contributed by atoms with Crippen LogP contribution >= 0.6 is 0 Å². The van der Waals surface area contributed by atoms with Gasteiger partial charge in [0.15, 0.2) is 5.76 Å². The second-order valence-electron chi connectivity index (χ2n) is 7.39. The van der Waals surface area contributed by atoms with Crippen LogP contribution in [0.3, 0.4) is 0 Å². The van der Waals surface area contributed by atoms with Gasteiger partial charge in [-0.05, 0) is 46.0 Å². The van der Waals surface area contributed by atoms with E-state index in [1.807, 2.05) is 0 Å². The molecule has 1 aliphatic carbocycles. The first-order valence-corrected chi connectivity index (χ1v) is 10.6. The molecule has 2 heterocycles. The van der Waals surface area contributed by atoms with E-state index in [1.54, 1.807) is 13.8 Å². The lowest BCUT2D eigenvalue weighted by Gasteiger charge is -2.31. The van der Waals surface area contributed by atoms with Crippen molar-refractivity contribution in [1.82, 2.24) is 14.8 Å². The number of carboxylic acids is 1. The summed E-state index contributed by atoms with van der Waals surface area (Å²) in [6.07, 6.45) is 2.57. The zero-order chi connectivity index (χ0) is 19.8. The summed E-state index contributed by atoms with van der Waals surface area (Å²) in [6.45, 7) is 3.68. The number of piperidine rings is 1. The minimum absolute atomic E-state index is 0.107. The van der Waals surface area contributed by atoms with Gasteiger partial charge >= 0.3 is 5.97 Å². The van der Waals surface area contributed by atoms with Gasteiger partial charge in [0.25, 0.3) is 0 Å². The maximum absolute atomic E-state index is 12.8. The first kappa shape index (κ1) is 19.8. The van der Waals surface area contributed by atoms with Gasteiger partial charge < -0.3 is 14.9 Å². The van der Waals surface area contributed by atoms with Crippen LogP contribution in [-0.4, -0.2) is 54.0 Å². The third-order valence-electron chi connectivity index (χ3n) is 5.52. The van der Waals surface area contributed by atoms with Crippen LogP contribution in [0.4, 0.5) is 0 Å². The first-order chi connectivity index (χ1) is 12.7. The number of carbonyl (C=O) groups excluding carboxylic acids is 1. The number of hydrogen-bond acceptors (Lipinski definition) is 6. The zero-order valence-corrected chi connectivity index (χ0v) is 16.3. The smallest absolute Gasteiger partial charge is 0.306 e. The molecule has 1 saturated heterocycles. The molecule has 0 spiro atoms. The van der Waals surface area contributed by atoms with E-state index in [9.17, 15) is 18.0 Å². The van der Waals surface area contributed by atoms with Gasteiger partial charge in [0, 0.05) is 25.0 Å². The van der Waals surface area contributed by atoms with E-state index in [1.165, 1.54) is 4.31 Å². The number of nitrogens with zero attached hydrogens (tertiary/aromatic N) is 2. The van der Waals surface area contributed by atoms with E-state index in [2.05, 4.69) is 10.5 Å². The Balaban J connectivity index is 1.56. The predicted molar refractivity (Wildman–Crippen MR) is 94.4 cm³/mol. The van der Waals surface area contributed by atoms with Crippen LogP contribution in [0.2, 0.25) is 0 Å². The largest absolute Gasteiger partial charge is 0.481 e. The van der Waals surface area contributed by atoms with Crippen molar-refractivity contribution in [3.8, 4) is 0 Å². The fourth-order valence-electron chi connectivity index (χ4n) is 3.99. The zero-order valence-electron chi connectivity index (χ0n) is 15.5. The summed E-state index contributed by atoms with van der Waals surface area (Å²) < 4.78 is 32.0. The number of nitrogens with one attached hydrogen (secondary N) is 1. The third kappa shape index (κ3) is 4.01. The van der Waals surface area contributed by atoms with Gasteiger partial charge in [0.1, 0.15) is 10.6 Å². The molecule has 2 fully saturated rings. The second kappa shape index (κ2) is 7.59. The quantitative estimate of drug-likeness (QED) is 0.757. The van der Waals surface area contributed by atoms with Crippen molar-refractivity contribution in [3.05, 3.63) is 11.5 Å². The molecule has 0 aromatic carbocycles. The average Bonchev–Trinajstić information content (AvgIpc) is 3.22. The van der Waals surface area contributed by atoms with Gasteiger partial charge in [-0.1, -0.05) is 5.16 Å². The Morgan fingerprint density at radius 1 is 1.15 bits per heavy atom. The molecule has 1 amide bonds. The molecule has 3 rings (SSSR count). The monoisotopic (exact) mass is 399 g/mol. The normalized spacial score (nSPS) is 24.8. The second-order valence-corrected chi connectivity index (χ2v) is 9.26. The van der Waals surface area contributed by atoms with Gasteiger partial charge in [0.2, 0.25) is 15.9 Å². The number of amides is 1. The highest BCUT2D eigenvalue weighted by Gasteiger charge is 2.37. The van der Waals surface area contributed by atoms with Crippen LogP contribution in [0.1, 0.15) is 43.6 Å². The third-order valence-corrected chi connectivity index (χ3v) is 7.66. The van der Waals surface area contributed by atoms with Crippen LogP contribution in [0.5, 0.6) is 0 Å². The Labute approximate surface area is 158 Å². The van der Waals surface area contributed by atoms with E-state index in [-0.39, 0.29) is 41.6 Å². The SMILES string of the molecule is Cc1noc(C)c1S(=O)(=O)N1CCC(C(=O)N[C@@H]2CC[C@H](C(=O)O)C2)CC1. The molecule has 10 heteroatoms. The van der Waals surface area contributed by atoms with E-state index < -0.39 is 21.9 Å².